The molecule has 0 radical (unpaired) electrons. The summed E-state index contributed by atoms with van der Waals surface area (Å²) in [5.74, 6) is 0.842. The van der Waals surface area contributed by atoms with Crippen LogP contribution in [0.2, 0.25) is 5.02 Å². The topological polar surface area (TPSA) is 66.3 Å². The number of ether oxygens (including phenoxy) is 1. The van der Waals surface area contributed by atoms with Gasteiger partial charge in [-0.2, -0.15) is 0 Å². The number of hydrogen-bond acceptors (Lipinski definition) is 5. The number of nitrogens with one attached hydrogen (secondary N) is 1. The molecule has 7 heteroatoms. The van der Waals surface area contributed by atoms with E-state index in [-0.39, 0.29) is 11.9 Å². The van der Waals surface area contributed by atoms with Crippen LogP contribution >= 0.6 is 11.6 Å². The van der Waals surface area contributed by atoms with Crippen molar-refractivity contribution in [2.24, 2.45) is 9.98 Å². The first kappa shape index (κ1) is 21.2. The van der Waals surface area contributed by atoms with Crippen molar-refractivity contribution in [3.8, 4) is 0 Å². The number of fused-ring (bicyclic) bond motifs is 2. The maximum Gasteiger partial charge on any atom is 0.266 e. The van der Waals surface area contributed by atoms with E-state index in [0.717, 1.165) is 59.7 Å². The van der Waals surface area contributed by atoms with Crippen molar-refractivity contribution in [3.05, 3.63) is 63.7 Å². The monoisotopic (exact) mass is 450 g/mol. The molecule has 3 aliphatic heterocycles. The van der Waals surface area contributed by atoms with Crippen LogP contribution in [0.3, 0.4) is 0 Å². The Labute approximate surface area is 193 Å². The van der Waals surface area contributed by atoms with Gasteiger partial charge in [0, 0.05) is 43.3 Å². The fraction of sp³-hybridized carbons (Fsp3) is 0.400. The highest BCUT2D eigenvalue weighted by Gasteiger charge is 2.32. The summed E-state index contributed by atoms with van der Waals surface area (Å²) >= 11 is 6.80. The van der Waals surface area contributed by atoms with Crippen molar-refractivity contribution in [2.45, 2.75) is 44.9 Å². The predicted octanol–water partition coefficient (Wildman–Crippen LogP) is 4.22. The van der Waals surface area contributed by atoms with Crippen LogP contribution in [0.5, 0.6) is 0 Å². The van der Waals surface area contributed by atoms with Gasteiger partial charge in [-0.05, 0) is 31.4 Å². The summed E-state index contributed by atoms with van der Waals surface area (Å²) in [6.07, 6.45) is 2.75. The van der Waals surface area contributed by atoms with Gasteiger partial charge in [-0.15, -0.1) is 0 Å². The number of aliphatic imine (C=N–C) groups is 2. The van der Waals surface area contributed by atoms with E-state index in [0.29, 0.717) is 29.8 Å². The molecule has 32 heavy (non-hydrogen) atoms. The minimum Gasteiger partial charge on any atom is -0.381 e. The number of halogens is 1. The third-order valence-corrected chi connectivity index (χ3v) is 7.11. The Morgan fingerprint density at radius 2 is 1.97 bits per heavy atom. The highest BCUT2D eigenvalue weighted by Crippen LogP contribution is 2.40. The quantitative estimate of drug-likeness (QED) is 0.758. The van der Waals surface area contributed by atoms with E-state index >= 15 is 0 Å². The van der Waals surface area contributed by atoms with Crippen molar-refractivity contribution in [1.82, 2.24) is 10.2 Å². The van der Waals surface area contributed by atoms with Crippen LogP contribution in [-0.4, -0.2) is 48.7 Å². The van der Waals surface area contributed by atoms with Crippen molar-refractivity contribution < 1.29 is 9.53 Å². The molecule has 1 fully saturated rings. The Balaban J connectivity index is 1.34. The highest BCUT2D eigenvalue weighted by atomic mass is 35.5. The minimum atomic E-state index is -0.149. The van der Waals surface area contributed by atoms with Gasteiger partial charge in [0.2, 0.25) is 0 Å². The van der Waals surface area contributed by atoms with Crippen LogP contribution in [0.4, 0.5) is 5.69 Å². The van der Waals surface area contributed by atoms with Crippen LogP contribution in [0.15, 0.2) is 46.4 Å². The number of likely N-dealkylation sites (tertiary alicyclic amines) is 1. The Morgan fingerprint density at radius 3 is 2.69 bits per heavy atom. The van der Waals surface area contributed by atoms with Gasteiger partial charge in [0.25, 0.3) is 5.91 Å². The molecule has 1 N–H and O–H groups in total. The van der Waals surface area contributed by atoms with E-state index in [1.54, 1.807) is 7.11 Å². The van der Waals surface area contributed by atoms with E-state index in [1.807, 2.05) is 37.3 Å². The van der Waals surface area contributed by atoms with Gasteiger partial charge in [0.05, 0.1) is 29.4 Å². The van der Waals surface area contributed by atoms with Crippen LogP contribution in [-0.2, 0) is 22.5 Å². The number of rotatable bonds is 4. The van der Waals surface area contributed by atoms with Gasteiger partial charge in [-0.3, -0.25) is 9.79 Å². The molecule has 5 rings (SSSR count). The zero-order chi connectivity index (χ0) is 22.2. The lowest BCUT2D eigenvalue weighted by molar-refractivity contribution is -0.115. The second-order valence-electron chi connectivity index (χ2n) is 8.62. The largest absolute Gasteiger partial charge is 0.381 e. The summed E-state index contributed by atoms with van der Waals surface area (Å²) in [5, 5.41) is 3.76. The standard InChI is InChI=1S/C25H27ClN4O2/c1-15(16-6-4-3-5-7-16)28-25(31)22-13-19-21(29-22)12-18-20(23(19)26)14-27-24(18)30-10-8-17(32-2)9-11-30/h3-7,12,15,17H,8-11,13-14H2,1-2H3,(H,28,31)/t15-/m1/s1. The first-order chi connectivity index (χ1) is 15.5. The van der Waals surface area contributed by atoms with E-state index in [1.165, 1.54) is 0 Å². The molecule has 0 aliphatic carbocycles. The normalized spacial score (nSPS) is 18.7. The third-order valence-electron chi connectivity index (χ3n) is 6.66. The number of amidine groups is 1. The molecule has 1 amide bonds. The maximum absolute atomic E-state index is 12.9. The Bertz CT molecular complexity index is 1100. The van der Waals surface area contributed by atoms with Crippen molar-refractivity contribution in [3.63, 3.8) is 0 Å². The minimum absolute atomic E-state index is 0.0932. The summed E-state index contributed by atoms with van der Waals surface area (Å²) in [6.45, 7) is 4.39. The summed E-state index contributed by atoms with van der Waals surface area (Å²) < 4.78 is 5.50. The fourth-order valence-electron chi connectivity index (χ4n) is 4.75. The molecule has 166 valence electrons. The van der Waals surface area contributed by atoms with Gasteiger partial charge >= 0.3 is 0 Å². The van der Waals surface area contributed by atoms with Crippen LogP contribution in [0.25, 0.3) is 0 Å². The number of hydrogen-bond donors (Lipinski definition) is 1. The van der Waals surface area contributed by atoms with Gasteiger partial charge in [0.15, 0.2) is 0 Å². The van der Waals surface area contributed by atoms with Crippen molar-refractivity contribution >= 4 is 34.7 Å². The number of nitrogens with zero attached hydrogens (tertiary/aromatic N) is 3. The molecule has 1 saturated heterocycles. The highest BCUT2D eigenvalue weighted by molar-refractivity contribution is 6.42. The zero-order valence-electron chi connectivity index (χ0n) is 18.4. The lowest BCUT2D eigenvalue weighted by atomic mass is 9.99. The van der Waals surface area contributed by atoms with Gasteiger partial charge in [-0.25, -0.2) is 4.99 Å². The Kier molecular flexibility index (Phi) is 5.74. The summed E-state index contributed by atoms with van der Waals surface area (Å²) in [4.78, 5) is 24.7. The summed E-state index contributed by atoms with van der Waals surface area (Å²) in [6, 6.07) is 11.9. The average molecular weight is 451 g/mol. The van der Waals surface area contributed by atoms with Crippen molar-refractivity contribution in [2.75, 3.05) is 20.2 Å². The van der Waals surface area contributed by atoms with E-state index < -0.39 is 0 Å². The van der Waals surface area contributed by atoms with Crippen LogP contribution in [0.1, 0.15) is 48.1 Å². The average Bonchev–Trinajstić information content (AvgIpc) is 3.45. The number of carbonyl (C=O) groups excluding carboxylic acids is 1. The van der Waals surface area contributed by atoms with Crippen LogP contribution < -0.4 is 5.32 Å². The molecule has 3 aliphatic rings. The molecule has 0 unspecified atom stereocenters. The van der Waals surface area contributed by atoms with Crippen LogP contribution in [0, 0.1) is 0 Å². The number of carbonyl (C=O) groups is 1. The predicted molar refractivity (Wildman–Crippen MR) is 127 cm³/mol. The number of piperidine rings is 1. The number of methoxy groups -OCH3 is 1. The molecule has 2 aromatic carbocycles. The van der Waals surface area contributed by atoms with Crippen molar-refractivity contribution in [1.29, 1.82) is 0 Å². The van der Waals surface area contributed by atoms with E-state index in [9.17, 15) is 4.79 Å². The first-order valence-corrected chi connectivity index (χ1v) is 11.5. The Hall–Kier alpha value is -2.70. The lowest BCUT2D eigenvalue weighted by Gasteiger charge is -2.33. The lowest BCUT2D eigenvalue weighted by Crippen LogP contribution is -2.40. The summed E-state index contributed by atoms with van der Waals surface area (Å²) in [7, 11) is 1.78. The second kappa shape index (κ2) is 8.68. The molecule has 0 bridgehead atoms. The van der Waals surface area contributed by atoms with E-state index in [4.69, 9.17) is 21.3 Å². The first-order valence-electron chi connectivity index (χ1n) is 11.2. The molecule has 6 nitrogen and oxygen atoms in total. The smallest absolute Gasteiger partial charge is 0.266 e. The number of amides is 1. The zero-order valence-corrected chi connectivity index (χ0v) is 19.2. The molecule has 0 aromatic heterocycles. The van der Waals surface area contributed by atoms with Gasteiger partial charge in [0.1, 0.15) is 11.5 Å². The molecule has 2 aromatic rings. The SMILES string of the molecule is COC1CCN(C2=NCc3c2cc2c(c3Cl)CC(C(=O)N[C@H](C)c3ccccc3)=N2)CC1. The third kappa shape index (κ3) is 3.82. The number of benzene rings is 2. The molecule has 3 heterocycles. The molecule has 0 spiro atoms. The molecular formula is C25H27ClN4O2. The molecule has 1 atom stereocenters. The van der Waals surface area contributed by atoms with Gasteiger partial charge in [-0.1, -0.05) is 41.9 Å². The van der Waals surface area contributed by atoms with Gasteiger partial charge < -0.3 is 15.0 Å². The Morgan fingerprint density at radius 1 is 1.22 bits per heavy atom. The van der Waals surface area contributed by atoms with E-state index in [2.05, 4.69) is 21.3 Å². The molecule has 0 saturated carbocycles. The second-order valence-corrected chi connectivity index (χ2v) is 9.00. The fourth-order valence-corrected chi connectivity index (χ4v) is 5.07. The molecular weight excluding hydrogens is 424 g/mol. The maximum atomic E-state index is 12.9. The summed E-state index contributed by atoms with van der Waals surface area (Å²) in [5.41, 5.74) is 5.38.